The molecule has 1 saturated heterocycles. The van der Waals surface area contributed by atoms with Crippen molar-refractivity contribution in [3.05, 3.63) is 53.9 Å². The van der Waals surface area contributed by atoms with E-state index in [0.717, 1.165) is 57.1 Å². The Balaban J connectivity index is 1.41. The van der Waals surface area contributed by atoms with Gasteiger partial charge < -0.3 is 10.1 Å². The first-order valence-corrected chi connectivity index (χ1v) is 10.6. The van der Waals surface area contributed by atoms with Crippen molar-refractivity contribution >= 4 is 0 Å². The second-order valence-corrected chi connectivity index (χ2v) is 8.48. The Kier molecular flexibility index (Phi) is 6.06. The highest BCUT2D eigenvalue weighted by Gasteiger charge is 2.48. The first-order valence-electron chi connectivity index (χ1n) is 10.6. The first kappa shape index (κ1) is 21.2. The summed E-state index contributed by atoms with van der Waals surface area (Å²) in [6.45, 7) is 1.83. The van der Waals surface area contributed by atoms with E-state index >= 15 is 0 Å². The number of alkyl halides is 3. The molecule has 0 aromatic carbocycles. The molecule has 2 aromatic heterocycles. The van der Waals surface area contributed by atoms with Crippen LogP contribution in [0.15, 0.2) is 36.8 Å². The maximum absolute atomic E-state index is 12.6. The van der Waals surface area contributed by atoms with Crippen LogP contribution in [-0.2, 0) is 22.9 Å². The topological polar surface area (TPSA) is 59.9 Å². The summed E-state index contributed by atoms with van der Waals surface area (Å²) in [5, 5.41) is 3.33. The van der Waals surface area contributed by atoms with Crippen LogP contribution in [0.5, 0.6) is 0 Å². The number of nitrogens with zero attached hydrogens (tertiary/aromatic N) is 3. The molecule has 0 amide bonds. The molecule has 1 saturated carbocycles. The third-order valence-electron chi connectivity index (χ3n) is 6.45. The lowest BCUT2D eigenvalue weighted by atomic mass is 9.68. The molecule has 2 aliphatic rings. The van der Waals surface area contributed by atoms with Crippen molar-refractivity contribution in [1.82, 2.24) is 20.3 Å². The lowest BCUT2D eigenvalue weighted by molar-refractivity contribution is -0.141. The van der Waals surface area contributed by atoms with Crippen molar-refractivity contribution in [3.8, 4) is 0 Å². The van der Waals surface area contributed by atoms with E-state index in [1.54, 1.807) is 0 Å². The van der Waals surface area contributed by atoms with Gasteiger partial charge in [0.2, 0.25) is 0 Å². The van der Waals surface area contributed by atoms with Gasteiger partial charge in [-0.15, -0.1) is 0 Å². The van der Waals surface area contributed by atoms with Gasteiger partial charge in [0.25, 0.3) is 0 Å². The molecule has 2 fully saturated rings. The molecule has 2 aromatic rings. The van der Waals surface area contributed by atoms with Crippen molar-refractivity contribution in [3.63, 3.8) is 0 Å². The molecule has 162 valence electrons. The molecule has 30 heavy (non-hydrogen) atoms. The minimum Gasteiger partial charge on any atom is -0.375 e. The van der Waals surface area contributed by atoms with Crippen LogP contribution in [-0.4, -0.2) is 33.7 Å². The fourth-order valence-electron chi connectivity index (χ4n) is 4.93. The summed E-state index contributed by atoms with van der Waals surface area (Å²) in [7, 11) is 0. The van der Waals surface area contributed by atoms with Crippen LogP contribution in [0, 0.1) is 0 Å². The molecule has 1 spiro atoms. The number of hydrogen-bond donors (Lipinski definition) is 1. The molecule has 5 nitrogen and oxygen atoms in total. The van der Waals surface area contributed by atoms with E-state index in [4.69, 9.17) is 4.74 Å². The van der Waals surface area contributed by atoms with Crippen LogP contribution in [0.4, 0.5) is 13.2 Å². The number of hydrogen-bond acceptors (Lipinski definition) is 5. The minimum absolute atomic E-state index is 0.0331. The number of ether oxygens (including phenoxy) is 1. The lowest BCUT2D eigenvalue weighted by Crippen LogP contribution is -2.47. The Morgan fingerprint density at radius 2 is 1.87 bits per heavy atom. The number of rotatable bonds is 6. The highest BCUT2D eigenvalue weighted by Crippen LogP contribution is 2.49. The molecular weight excluding hydrogens is 393 g/mol. The number of halogens is 3. The zero-order valence-electron chi connectivity index (χ0n) is 16.9. The average molecular weight is 420 g/mol. The highest BCUT2D eigenvalue weighted by atomic mass is 19.4. The Hall–Kier alpha value is -2.06. The van der Waals surface area contributed by atoms with Crippen LogP contribution in [0.2, 0.25) is 0 Å². The summed E-state index contributed by atoms with van der Waals surface area (Å²) in [5.74, 6) is 0. The summed E-state index contributed by atoms with van der Waals surface area (Å²) >= 11 is 0. The van der Waals surface area contributed by atoms with E-state index in [-0.39, 0.29) is 11.0 Å². The Morgan fingerprint density at radius 1 is 1.03 bits per heavy atom. The van der Waals surface area contributed by atoms with Crippen molar-refractivity contribution < 1.29 is 17.9 Å². The summed E-state index contributed by atoms with van der Waals surface area (Å²) in [6, 6.07) is 6.07. The van der Waals surface area contributed by atoms with Gasteiger partial charge in [-0.05, 0) is 50.8 Å². The Labute approximate surface area is 174 Å². The van der Waals surface area contributed by atoms with Crippen molar-refractivity contribution in [2.45, 2.75) is 68.7 Å². The average Bonchev–Trinajstić information content (AvgIpc) is 3.19. The third-order valence-corrected chi connectivity index (χ3v) is 6.45. The molecule has 4 rings (SSSR count). The molecule has 1 atom stereocenters. The van der Waals surface area contributed by atoms with Gasteiger partial charge in [0.1, 0.15) is 0 Å². The molecule has 1 N–H and O–H groups in total. The number of aromatic nitrogens is 3. The highest BCUT2D eigenvalue weighted by molar-refractivity contribution is 5.20. The summed E-state index contributed by atoms with van der Waals surface area (Å²) in [5.41, 5.74) is 0.548. The van der Waals surface area contributed by atoms with Gasteiger partial charge in [0, 0.05) is 30.5 Å². The van der Waals surface area contributed by atoms with Gasteiger partial charge in [-0.2, -0.15) is 13.2 Å². The van der Waals surface area contributed by atoms with Crippen LogP contribution in [0.25, 0.3) is 0 Å². The first-order chi connectivity index (χ1) is 14.4. The molecule has 1 unspecified atom stereocenters. The smallest absolute Gasteiger partial charge is 0.375 e. The number of pyridine rings is 1. The zero-order valence-corrected chi connectivity index (χ0v) is 16.9. The maximum Gasteiger partial charge on any atom is 0.434 e. The third kappa shape index (κ3) is 4.64. The van der Waals surface area contributed by atoms with Gasteiger partial charge in [-0.3, -0.25) is 9.97 Å². The van der Waals surface area contributed by atoms with Gasteiger partial charge in [0.05, 0.1) is 23.7 Å². The molecule has 8 heteroatoms. The van der Waals surface area contributed by atoms with Crippen molar-refractivity contribution in [2.24, 2.45) is 0 Å². The predicted octanol–water partition coefficient (Wildman–Crippen LogP) is 4.43. The van der Waals surface area contributed by atoms with Gasteiger partial charge in [-0.1, -0.05) is 18.9 Å². The maximum atomic E-state index is 12.6. The molecule has 0 bridgehead atoms. The monoisotopic (exact) mass is 420 g/mol. The number of nitrogens with one attached hydrogen (secondary N) is 1. The predicted molar refractivity (Wildman–Crippen MR) is 106 cm³/mol. The van der Waals surface area contributed by atoms with Crippen molar-refractivity contribution in [1.29, 1.82) is 0 Å². The SMILES string of the molecule is FC(F)(F)c1cnc(CNCCC2(c3ccccn3)CCOC3(CCCC3)C2)cn1. The molecular formula is C22H27F3N4O. The van der Waals surface area contributed by atoms with Crippen molar-refractivity contribution in [2.75, 3.05) is 13.2 Å². The largest absolute Gasteiger partial charge is 0.434 e. The van der Waals surface area contributed by atoms with Crippen LogP contribution in [0.3, 0.4) is 0 Å². The van der Waals surface area contributed by atoms with Crippen LogP contribution >= 0.6 is 0 Å². The summed E-state index contributed by atoms with van der Waals surface area (Å²) in [4.78, 5) is 12.0. The van der Waals surface area contributed by atoms with Gasteiger partial charge in [0.15, 0.2) is 5.69 Å². The van der Waals surface area contributed by atoms with Crippen LogP contribution in [0.1, 0.15) is 62.0 Å². The molecule has 3 heterocycles. The Morgan fingerprint density at radius 3 is 2.53 bits per heavy atom. The lowest BCUT2D eigenvalue weighted by Gasteiger charge is -2.46. The van der Waals surface area contributed by atoms with Gasteiger partial charge in [-0.25, -0.2) is 4.98 Å². The van der Waals surface area contributed by atoms with Crippen LogP contribution < -0.4 is 5.32 Å². The van der Waals surface area contributed by atoms with Gasteiger partial charge >= 0.3 is 6.18 Å². The fraction of sp³-hybridized carbons (Fsp3) is 0.591. The zero-order chi connectivity index (χ0) is 21.1. The van der Waals surface area contributed by atoms with E-state index in [2.05, 4.69) is 26.3 Å². The van der Waals surface area contributed by atoms with E-state index in [0.29, 0.717) is 12.2 Å². The minimum atomic E-state index is -4.47. The van der Waals surface area contributed by atoms with E-state index in [9.17, 15) is 13.2 Å². The molecule has 0 radical (unpaired) electrons. The second kappa shape index (κ2) is 8.59. The standard InChI is InChI=1S/C22H27F3N4O/c23-22(24,25)19-15-28-17(14-29-19)13-26-11-8-20(18-5-1-4-10-27-18)9-12-30-21(16-20)6-2-3-7-21/h1,4-5,10,14-15,26H,2-3,6-9,11-13,16H2. The normalized spacial score (nSPS) is 23.7. The molecule has 1 aliphatic heterocycles. The molecule has 1 aliphatic carbocycles. The van der Waals surface area contributed by atoms with E-state index < -0.39 is 11.9 Å². The van der Waals surface area contributed by atoms with E-state index in [1.807, 2.05) is 18.3 Å². The quantitative estimate of drug-likeness (QED) is 0.701. The fourth-order valence-corrected chi connectivity index (χ4v) is 4.93. The summed E-state index contributed by atoms with van der Waals surface area (Å²) in [6.07, 6.45) is 6.78. The Bertz CT molecular complexity index is 823. The second-order valence-electron chi connectivity index (χ2n) is 8.48. The summed E-state index contributed by atoms with van der Waals surface area (Å²) < 4.78 is 44.1. The van der Waals surface area contributed by atoms with E-state index in [1.165, 1.54) is 19.0 Å².